The van der Waals surface area contributed by atoms with Crippen LogP contribution in [0, 0.1) is 0 Å². The molecule has 0 radical (unpaired) electrons. The highest BCUT2D eigenvalue weighted by atomic mass is 16.2. The summed E-state index contributed by atoms with van der Waals surface area (Å²) in [5, 5.41) is 7.00. The van der Waals surface area contributed by atoms with Crippen LogP contribution in [0.4, 0.5) is 0 Å². The van der Waals surface area contributed by atoms with Crippen LogP contribution in [0.15, 0.2) is 0 Å². The number of aliphatic hydroxyl groups excluding tert-OH is 1. The summed E-state index contributed by atoms with van der Waals surface area (Å²) in [6.45, 7) is 4.49. The molecular formula is C8H22O2. The van der Waals surface area contributed by atoms with E-state index in [0.29, 0.717) is 0 Å². The highest BCUT2D eigenvalue weighted by Crippen LogP contribution is 2.00. The molecule has 66 valence electrons. The van der Waals surface area contributed by atoms with Gasteiger partial charge in [0, 0.05) is 7.11 Å². The van der Waals surface area contributed by atoms with Gasteiger partial charge in [-0.3, -0.25) is 0 Å². The first-order valence-electron chi connectivity index (χ1n) is 3.86. The van der Waals surface area contributed by atoms with Crippen LogP contribution in [0.3, 0.4) is 0 Å². The summed E-state index contributed by atoms with van der Waals surface area (Å²) in [4.78, 5) is 0. The van der Waals surface area contributed by atoms with Crippen LogP contribution in [-0.2, 0) is 0 Å². The lowest BCUT2D eigenvalue weighted by atomic mass is 10.2. The van der Waals surface area contributed by atoms with Crippen LogP contribution < -0.4 is 0 Å². The number of rotatable bonds is 4. The normalized spacial score (nSPS) is 7.20. The Bertz CT molecular complexity index is 26.4. The van der Waals surface area contributed by atoms with Gasteiger partial charge in [-0.15, -0.1) is 0 Å². The van der Waals surface area contributed by atoms with Crippen LogP contribution >= 0.6 is 0 Å². The fraction of sp³-hybridized carbons (Fsp3) is 1.00. The van der Waals surface area contributed by atoms with Gasteiger partial charge >= 0.3 is 0 Å². The number of hydrogen-bond donors (Lipinski definition) is 1. The van der Waals surface area contributed by atoms with Crippen LogP contribution in [0.2, 0.25) is 0 Å². The Labute approximate surface area is 64.6 Å². The van der Waals surface area contributed by atoms with Crippen molar-refractivity contribution < 1.29 is 10.6 Å². The summed E-state index contributed by atoms with van der Waals surface area (Å²) in [5.74, 6) is 0. The molecule has 0 saturated carbocycles. The summed E-state index contributed by atoms with van der Waals surface area (Å²) in [6, 6.07) is 0. The molecule has 0 saturated heterocycles. The predicted octanol–water partition coefficient (Wildman–Crippen LogP) is 1.76. The largest absolute Gasteiger partial charge is 0.412 e. The highest BCUT2D eigenvalue weighted by Gasteiger charge is 1.80. The molecule has 0 atom stereocenters. The molecule has 0 amide bonds. The monoisotopic (exact) mass is 150 g/mol. The zero-order chi connectivity index (χ0) is 7.54. The minimum absolute atomic E-state index is 0. The van der Waals surface area contributed by atoms with E-state index >= 15 is 0 Å². The first-order chi connectivity index (χ1) is 4.41. The second-order valence-electron chi connectivity index (χ2n) is 2.06. The quantitative estimate of drug-likeness (QED) is 0.610. The maximum absolute atomic E-state index is 7.00. The molecule has 0 aliphatic heterocycles. The topological polar surface area (TPSA) is 51.7 Å². The van der Waals surface area contributed by atoms with Gasteiger partial charge in [-0.25, -0.2) is 0 Å². The lowest BCUT2D eigenvalue weighted by Gasteiger charge is -1.90. The van der Waals surface area contributed by atoms with E-state index < -0.39 is 0 Å². The zero-order valence-electron chi connectivity index (χ0n) is 7.48. The second-order valence-corrected chi connectivity index (χ2v) is 2.06. The van der Waals surface area contributed by atoms with Gasteiger partial charge in [0.2, 0.25) is 0 Å². The fourth-order valence-electron chi connectivity index (χ4n) is 0.677. The summed E-state index contributed by atoms with van der Waals surface area (Å²) < 4.78 is 0. The molecule has 0 bridgehead atoms. The Morgan fingerprint density at radius 1 is 0.800 bits per heavy atom. The Morgan fingerprint density at radius 3 is 1.30 bits per heavy atom. The van der Waals surface area contributed by atoms with Crippen molar-refractivity contribution in [3.05, 3.63) is 0 Å². The van der Waals surface area contributed by atoms with Crippen LogP contribution in [0.5, 0.6) is 0 Å². The molecule has 2 heteroatoms. The molecule has 0 spiro atoms. The third-order valence-corrected chi connectivity index (χ3v) is 1.21. The van der Waals surface area contributed by atoms with Crippen molar-refractivity contribution in [2.24, 2.45) is 0 Å². The lowest BCUT2D eigenvalue weighted by Crippen LogP contribution is -1.70. The van der Waals surface area contributed by atoms with Gasteiger partial charge in [0.15, 0.2) is 0 Å². The van der Waals surface area contributed by atoms with Crippen molar-refractivity contribution in [3.8, 4) is 0 Å². The van der Waals surface area contributed by atoms with E-state index in [2.05, 4.69) is 13.8 Å². The molecule has 0 aromatic carbocycles. The molecule has 0 aromatic rings. The van der Waals surface area contributed by atoms with E-state index in [1.54, 1.807) is 0 Å². The summed E-state index contributed by atoms with van der Waals surface area (Å²) in [7, 11) is 1.00. The molecule has 2 nitrogen and oxygen atoms in total. The summed E-state index contributed by atoms with van der Waals surface area (Å²) in [5.41, 5.74) is 0. The third-order valence-electron chi connectivity index (χ3n) is 1.21. The molecule has 0 fully saturated rings. The van der Waals surface area contributed by atoms with Gasteiger partial charge in [0.05, 0.1) is 0 Å². The van der Waals surface area contributed by atoms with Crippen molar-refractivity contribution >= 4 is 0 Å². The smallest absolute Gasteiger partial charge is 0.0319 e. The number of unbranched alkanes of at least 4 members (excludes halogenated alkanes) is 4. The van der Waals surface area contributed by atoms with E-state index in [4.69, 9.17) is 5.11 Å². The van der Waals surface area contributed by atoms with Gasteiger partial charge in [0.25, 0.3) is 0 Å². The summed E-state index contributed by atoms with van der Waals surface area (Å²) in [6.07, 6.45) is 7.01. The molecule has 0 heterocycles. The van der Waals surface area contributed by atoms with E-state index in [1.165, 1.54) is 32.1 Å². The Morgan fingerprint density at radius 2 is 1.10 bits per heavy atom. The average Bonchev–Trinajstić information content (AvgIpc) is 1.94. The van der Waals surface area contributed by atoms with Gasteiger partial charge in [0.1, 0.15) is 0 Å². The molecule has 0 rings (SSSR count). The first-order valence-corrected chi connectivity index (χ1v) is 3.86. The highest BCUT2D eigenvalue weighted by molar-refractivity contribution is 4.35. The zero-order valence-corrected chi connectivity index (χ0v) is 7.48. The minimum atomic E-state index is 0. The Hall–Kier alpha value is -0.0800. The van der Waals surface area contributed by atoms with Gasteiger partial charge in [-0.1, -0.05) is 46.0 Å². The standard InChI is InChI=1S/C7H16.CH4O.H2O/c1-3-5-7-6-4-2;1-2;/h3-7H2,1-2H3;2H,1H3;1H2. The Balaban J connectivity index is -0.000000149. The third kappa shape index (κ3) is 24.7. The van der Waals surface area contributed by atoms with Crippen LogP contribution in [0.25, 0.3) is 0 Å². The van der Waals surface area contributed by atoms with Crippen LogP contribution in [-0.4, -0.2) is 17.7 Å². The van der Waals surface area contributed by atoms with E-state index in [0.717, 1.165) is 7.11 Å². The van der Waals surface area contributed by atoms with Crippen LogP contribution in [0.1, 0.15) is 46.0 Å². The molecule has 0 aliphatic rings. The molecular weight excluding hydrogens is 128 g/mol. The maximum atomic E-state index is 7.00. The van der Waals surface area contributed by atoms with Crippen molar-refractivity contribution in [3.63, 3.8) is 0 Å². The van der Waals surface area contributed by atoms with Crippen molar-refractivity contribution in [1.29, 1.82) is 0 Å². The van der Waals surface area contributed by atoms with Crippen molar-refractivity contribution in [1.82, 2.24) is 0 Å². The lowest BCUT2D eigenvalue weighted by molar-refractivity contribution is 0.399. The minimum Gasteiger partial charge on any atom is -0.412 e. The van der Waals surface area contributed by atoms with E-state index in [1.807, 2.05) is 0 Å². The first kappa shape index (κ1) is 16.5. The Kier molecular flexibility index (Phi) is 38.1. The number of hydrogen-bond acceptors (Lipinski definition) is 1. The van der Waals surface area contributed by atoms with E-state index in [-0.39, 0.29) is 5.48 Å². The van der Waals surface area contributed by atoms with E-state index in [9.17, 15) is 0 Å². The molecule has 0 aliphatic carbocycles. The predicted molar refractivity (Wildman–Crippen MR) is 46.2 cm³/mol. The van der Waals surface area contributed by atoms with Crippen molar-refractivity contribution in [2.45, 2.75) is 46.0 Å². The van der Waals surface area contributed by atoms with Gasteiger partial charge in [-0.2, -0.15) is 0 Å². The molecule has 10 heavy (non-hydrogen) atoms. The number of aliphatic hydroxyl groups is 1. The van der Waals surface area contributed by atoms with Gasteiger partial charge < -0.3 is 10.6 Å². The molecule has 0 unspecified atom stereocenters. The average molecular weight is 150 g/mol. The summed E-state index contributed by atoms with van der Waals surface area (Å²) >= 11 is 0. The van der Waals surface area contributed by atoms with Crippen molar-refractivity contribution in [2.75, 3.05) is 7.11 Å². The maximum Gasteiger partial charge on any atom is 0.0319 e. The fourth-order valence-corrected chi connectivity index (χ4v) is 0.677. The SMILES string of the molecule is CCCCCCC.CO.O. The van der Waals surface area contributed by atoms with Gasteiger partial charge in [-0.05, 0) is 0 Å². The second kappa shape index (κ2) is 23.1. The molecule has 0 aromatic heterocycles. The molecule has 3 N–H and O–H groups in total.